The number of ether oxygens (including phenoxy) is 1. The summed E-state index contributed by atoms with van der Waals surface area (Å²) in [5, 5.41) is 0. The Balaban J connectivity index is 2.03. The molecule has 1 aromatic heterocycles. The molecule has 0 N–H and O–H groups in total. The first kappa shape index (κ1) is 14.5. The van der Waals surface area contributed by atoms with Crippen molar-refractivity contribution >= 4 is 11.9 Å². The number of methoxy groups -OCH3 is 1. The minimum absolute atomic E-state index is 0.303. The first-order valence-electron chi connectivity index (χ1n) is 7.56. The van der Waals surface area contributed by atoms with Crippen molar-refractivity contribution in [2.45, 2.75) is 19.3 Å². The second-order valence-electron chi connectivity index (χ2n) is 5.34. The van der Waals surface area contributed by atoms with Gasteiger partial charge in [0.15, 0.2) is 5.69 Å². The summed E-state index contributed by atoms with van der Waals surface area (Å²) < 4.78 is 4.82. The molecule has 1 aromatic carbocycles. The van der Waals surface area contributed by atoms with Crippen molar-refractivity contribution in [3.63, 3.8) is 0 Å². The van der Waals surface area contributed by atoms with Gasteiger partial charge in [-0.15, -0.1) is 0 Å². The lowest BCUT2D eigenvalue weighted by Crippen LogP contribution is -2.31. The van der Waals surface area contributed by atoms with E-state index < -0.39 is 5.97 Å². The molecule has 0 amide bonds. The first-order chi connectivity index (χ1) is 10.8. The standard InChI is InChI=1S/C17H19N3O2/c1-22-16(21)15-12-14(13-8-4-2-5-9-13)18-17(19-15)20-10-6-3-7-11-20/h2,4-5,8-9,12H,3,6-7,10-11H2,1H3. The number of hydrogen-bond acceptors (Lipinski definition) is 5. The van der Waals surface area contributed by atoms with Crippen molar-refractivity contribution < 1.29 is 9.53 Å². The second-order valence-corrected chi connectivity index (χ2v) is 5.34. The van der Waals surface area contributed by atoms with Crippen molar-refractivity contribution in [3.8, 4) is 11.3 Å². The van der Waals surface area contributed by atoms with Crippen LogP contribution in [0.2, 0.25) is 0 Å². The lowest BCUT2D eigenvalue weighted by Gasteiger charge is -2.27. The normalized spacial score (nSPS) is 14.7. The highest BCUT2D eigenvalue weighted by Gasteiger charge is 2.18. The highest BCUT2D eigenvalue weighted by molar-refractivity contribution is 5.88. The molecule has 2 heterocycles. The van der Waals surface area contributed by atoms with Crippen LogP contribution in [0.3, 0.4) is 0 Å². The molecule has 0 bridgehead atoms. The van der Waals surface area contributed by atoms with Crippen LogP contribution in [0.5, 0.6) is 0 Å². The maximum Gasteiger partial charge on any atom is 0.356 e. The molecule has 22 heavy (non-hydrogen) atoms. The van der Waals surface area contributed by atoms with Crippen molar-refractivity contribution in [2.75, 3.05) is 25.1 Å². The Morgan fingerprint density at radius 2 is 1.82 bits per heavy atom. The van der Waals surface area contributed by atoms with Gasteiger partial charge in [-0.2, -0.15) is 0 Å². The largest absolute Gasteiger partial charge is 0.464 e. The van der Waals surface area contributed by atoms with Crippen LogP contribution < -0.4 is 4.90 Å². The van der Waals surface area contributed by atoms with Crippen LogP contribution in [-0.2, 0) is 4.74 Å². The van der Waals surface area contributed by atoms with E-state index >= 15 is 0 Å². The van der Waals surface area contributed by atoms with Gasteiger partial charge >= 0.3 is 5.97 Å². The van der Waals surface area contributed by atoms with Gasteiger partial charge in [-0.3, -0.25) is 0 Å². The van der Waals surface area contributed by atoms with Crippen LogP contribution in [0.25, 0.3) is 11.3 Å². The van der Waals surface area contributed by atoms with E-state index in [2.05, 4.69) is 14.9 Å². The summed E-state index contributed by atoms with van der Waals surface area (Å²) in [7, 11) is 1.37. The third-order valence-corrected chi connectivity index (χ3v) is 3.82. The van der Waals surface area contributed by atoms with Crippen LogP contribution in [0.1, 0.15) is 29.8 Å². The molecule has 1 saturated heterocycles. The molecular formula is C17H19N3O2. The van der Waals surface area contributed by atoms with Crippen LogP contribution in [-0.4, -0.2) is 36.1 Å². The smallest absolute Gasteiger partial charge is 0.356 e. The molecule has 0 radical (unpaired) electrons. The zero-order valence-corrected chi connectivity index (χ0v) is 12.7. The monoisotopic (exact) mass is 297 g/mol. The maximum absolute atomic E-state index is 11.9. The molecule has 5 nitrogen and oxygen atoms in total. The second kappa shape index (κ2) is 6.56. The minimum atomic E-state index is -0.433. The van der Waals surface area contributed by atoms with E-state index in [1.165, 1.54) is 13.5 Å². The van der Waals surface area contributed by atoms with Gasteiger partial charge in [0.05, 0.1) is 12.8 Å². The van der Waals surface area contributed by atoms with E-state index in [9.17, 15) is 4.79 Å². The Morgan fingerprint density at radius 1 is 1.09 bits per heavy atom. The number of benzene rings is 1. The fourth-order valence-corrected chi connectivity index (χ4v) is 2.64. The van der Waals surface area contributed by atoms with Gasteiger partial charge in [0.2, 0.25) is 5.95 Å². The topological polar surface area (TPSA) is 55.3 Å². The number of aromatic nitrogens is 2. The van der Waals surface area contributed by atoms with Gasteiger partial charge in [0.25, 0.3) is 0 Å². The number of nitrogens with zero attached hydrogens (tertiary/aromatic N) is 3. The molecule has 2 aromatic rings. The molecule has 0 saturated carbocycles. The highest BCUT2D eigenvalue weighted by atomic mass is 16.5. The van der Waals surface area contributed by atoms with Crippen molar-refractivity contribution in [3.05, 3.63) is 42.1 Å². The van der Waals surface area contributed by atoms with Gasteiger partial charge in [0, 0.05) is 18.7 Å². The van der Waals surface area contributed by atoms with E-state index in [-0.39, 0.29) is 0 Å². The predicted molar refractivity (Wildman–Crippen MR) is 84.9 cm³/mol. The highest BCUT2D eigenvalue weighted by Crippen LogP contribution is 2.23. The van der Waals surface area contributed by atoms with Gasteiger partial charge in [-0.1, -0.05) is 30.3 Å². The Morgan fingerprint density at radius 3 is 2.50 bits per heavy atom. The first-order valence-corrected chi connectivity index (χ1v) is 7.56. The summed E-state index contributed by atoms with van der Waals surface area (Å²) in [6.45, 7) is 1.86. The fourth-order valence-electron chi connectivity index (χ4n) is 2.64. The lowest BCUT2D eigenvalue weighted by atomic mass is 10.1. The van der Waals surface area contributed by atoms with E-state index in [0.29, 0.717) is 11.6 Å². The summed E-state index contributed by atoms with van der Waals surface area (Å²) in [5.74, 6) is 0.180. The molecule has 0 unspecified atom stereocenters. The Bertz CT molecular complexity index is 652. The molecule has 0 aliphatic carbocycles. The van der Waals surface area contributed by atoms with Crippen LogP contribution >= 0.6 is 0 Å². The molecule has 3 rings (SSSR count). The van der Waals surface area contributed by atoms with Gasteiger partial charge in [-0.25, -0.2) is 14.8 Å². The average Bonchev–Trinajstić information content (AvgIpc) is 2.62. The molecule has 0 spiro atoms. The van der Waals surface area contributed by atoms with Gasteiger partial charge < -0.3 is 9.64 Å². The number of piperidine rings is 1. The summed E-state index contributed by atoms with van der Waals surface area (Å²) in [6.07, 6.45) is 3.50. The zero-order valence-electron chi connectivity index (χ0n) is 12.7. The molecule has 114 valence electrons. The number of carbonyl (C=O) groups is 1. The quantitative estimate of drug-likeness (QED) is 0.815. The number of esters is 1. The van der Waals surface area contributed by atoms with Crippen molar-refractivity contribution in [1.82, 2.24) is 9.97 Å². The van der Waals surface area contributed by atoms with Crippen LogP contribution in [0.15, 0.2) is 36.4 Å². The van der Waals surface area contributed by atoms with E-state index in [1.54, 1.807) is 6.07 Å². The molecule has 1 fully saturated rings. The van der Waals surface area contributed by atoms with E-state index in [0.717, 1.165) is 37.2 Å². The summed E-state index contributed by atoms with van der Waals surface area (Å²) in [4.78, 5) is 23.1. The number of hydrogen-bond donors (Lipinski definition) is 0. The Labute approximate surface area is 130 Å². The molecule has 0 atom stereocenters. The summed E-state index contributed by atoms with van der Waals surface area (Å²) in [6, 6.07) is 11.5. The number of carbonyl (C=O) groups excluding carboxylic acids is 1. The third-order valence-electron chi connectivity index (χ3n) is 3.82. The number of rotatable bonds is 3. The molecule has 1 aliphatic heterocycles. The lowest BCUT2D eigenvalue weighted by molar-refractivity contribution is 0.0594. The van der Waals surface area contributed by atoms with Crippen LogP contribution in [0, 0.1) is 0 Å². The van der Waals surface area contributed by atoms with Crippen molar-refractivity contribution in [2.24, 2.45) is 0 Å². The van der Waals surface area contributed by atoms with Gasteiger partial charge in [-0.05, 0) is 25.3 Å². The summed E-state index contributed by atoms with van der Waals surface area (Å²) >= 11 is 0. The average molecular weight is 297 g/mol. The molecule has 1 aliphatic rings. The maximum atomic E-state index is 11.9. The van der Waals surface area contributed by atoms with Crippen molar-refractivity contribution in [1.29, 1.82) is 0 Å². The van der Waals surface area contributed by atoms with Crippen LogP contribution in [0.4, 0.5) is 5.95 Å². The zero-order chi connectivity index (χ0) is 15.4. The third kappa shape index (κ3) is 3.08. The van der Waals surface area contributed by atoms with Gasteiger partial charge in [0.1, 0.15) is 0 Å². The molecule has 5 heteroatoms. The molecular weight excluding hydrogens is 278 g/mol. The number of anilines is 1. The minimum Gasteiger partial charge on any atom is -0.464 e. The van der Waals surface area contributed by atoms with E-state index in [1.807, 2.05) is 30.3 Å². The Hall–Kier alpha value is -2.43. The SMILES string of the molecule is COC(=O)c1cc(-c2ccccc2)nc(N2CCCCC2)n1. The fraction of sp³-hybridized carbons (Fsp3) is 0.353. The summed E-state index contributed by atoms with van der Waals surface area (Å²) in [5.41, 5.74) is 2.02. The predicted octanol–water partition coefficient (Wildman–Crippen LogP) is 2.92. The van der Waals surface area contributed by atoms with E-state index in [4.69, 9.17) is 4.74 Å². The Kier molecular flexibility index (Phi) is 4.32.